The Balaban J connectivity index is 1.85. The summed E-state index contributed by atoms with van der Waals surface area (Å²) in [6.07, 6.45) is 0.315. The SMILES string of the molecule is CCOC(=O)Cn1nc(C)c2c1NC(=O)CC2c1ccc(OC)c2ccccc12. The number of fused-ring (bicyclic) bond motifs is 2. The summed E-state index contributed by atoms with van der Waals surface area (Å²) in [5, 5.41) is 9.45. The highest BCUT2D eigenvalue weighted by Gasteiger charge is 2.33. The molecule has 1 unspecified atom stereocenters. The molecule has 0 bridgehead atoms. The van der Waals surface area contributed by atoms with E-state index in [1.54, 1.807) is 14.0 Å². The number of carbonyl (C=O) groups excluding carboxylic acids is 2. The van der Waals surface area contributed by atoms with Crippen molar-refractivity contribution in [2.45, 2.75) is 32.7 Å². The Morgan fingerprint density at radius 2 is 2.00 bits per heavy atom. The van der Waals surface area contributed by atoms with Gasteiger partial charge in [0.2, 0.25) is 5.91 Å². The number of benzene rings is 2. The molecule has 0 fully saturated rings. The lowest BCUT2D eigenvalue weighted by atomic mass is 9.83. The van der Waals surface area contributed by atoms with E-state index < -0.39 is 0 Å². The first-order valence-electron chi connectivity index (χ1n) is 9.61. The quantitative estimate of drug-likeness (QED) is 0.672. The Morgan fingerprint density at radius 3 is 2.72 bits per heavy atom. The predicted octanol–water partition coefficient (Wildman–Crippen LogP) is 3.39. The molecule has 7 nitrogen and oxygen atoms in total. The Morgan fingerprint density at radius 1 is 1.24 bits per heavy atom. The standard InChI is InChI=1S/C22H23N3O4/c1-4-29-20(27)12-25-22-21(13(2)24-25)17(11-19(26)23-22)15-9-10-18(28-3)16-8-6-5-7-14(15)16/h5-10,17H,4,11-12H2,1-3H3,(H,23,26). The zero-order chi connectivity index (χ0) is 20.5. The highest BCUT2D eigenvalue weighted by Crippen LogP contribution is 2.43. The average Bonchev–Trinajstić information content (AvgIpc) is 3.01. The van der Waals surface area contributed by atoms with E-state index in [0.717, 1.165) is 33.3 Å². The maximum Gasteiger partial charge on any atom is 0.327 e. The van der Waals surface area contributed by atoms with Crippen molar-refractivity contribution in [1.82, 2.24) is 9.78 Å². The van der Waals surface area contributed by atoms with Gasteiger partial charge in [-0.15, -0.1) is 0 Å². The van der Waals surface area contributed by atoms with Gasteiger partial charge in [-0.05, 0) is 30.9 Å². The highest BCUT2D eigenvalue weighted by molar-refractivity contribution is 5.97. The molecule has 29 heavy (non-hydrogen) atoms. The molecule has 1 amide bonds. The van der Waals surface area contributed by atoms with Crippen LogP contribution < -0.4 is 10.1 Å². The first kappa shape index (κ1) is 19.0. The van der Waals surface area contributed by atoms with Gasteiger partial charge in [0.25, 0.3) is 0 Å². The van der Waals surface area contributed by atoms with E-state index in [1.165, 1.54) is 4.68 Å². The summed E-state index contributed by atoms with van der Waals surface area (Å²) in [5.74, 6) is 0.707. The lowest BCUT2D eigenvalue weighted by Gasteiger charge is -2.25. The van der Waals surface area contributed by atoms with Gasteiger partial charge >= 0.3 is 5.97 Å². The number of rotatable bonds is 5. The Kier molecular flexibility index (Phi) is 4.96. The molecular formula is C22H23N3O4. The number of esters is 1. The number of ether oxygens (including phenoxy) is 2. The minimum absolute atomic E-state index is 0.0413. The van der Waals surface area contributed by atoms with Crippen molar-refractivity contribution in [2.24, 2.45) is 0 Å². The van der Waals surface area contributed by atoms with Crippen LogP contribution in [0.15, 0.2) is 36.4 Å². The molecule has 1 aliphatic rings. The van der Waals surface area contributed by atoms with Crippen molar-refractivity contribution < 1.29 is 19.1 Å². The van der Waals surface area contributed by atoms with Crippen LogP contribution in [0.3, 0.4) is 0 Å². The third-order valence-electron chi connectivity index (χ3n) is 5.27. The number of hydrogen-bond acceptors (Lipinski definition) is 5. The smallest absolute Gasteiger partial charge is 0.327 e. The maximum absolute atomic E-state index is 12.5. The number of hydrogen-bond donors (Lipinski definition) is 1. The molecule has 1 atom stereocenters. The van der Waals surface area contributed by atoms with Gasteiger partial charge in [0.1, 0.15) is 18.1 Å². The van der Waals surface area contributed by atoms with E-state index in [1.807, 2.05) is 43.3 Å². The number of nitrogens with one attached hydrogen (secondary N) is 1. The number of amides is 1. The summed E-state index contributed by atoms with van der Waals surface area (Å²) in [5.41, 5.74) is 2.76. The lowest BCUT2D eigenvalue weighted by molar-refractivity contribution is -0.144. The van der Waals surface area contributed by atoms with Gasteiger partial charge in [-0.2, -0.15) is 5.10 Å². The topological polar surface area (TPSA) is 82.5 Å². The zero-order valence-corrected chi connectivity index (χ0v) is 16.7. The average molecular weight is 393 g/mol. The fourth-order valence-electron chi connectivity index (χ4n) is 4.10. The highest BCUT2D eigenvalue weighted by atomic mass is 16.5. The van der Waals surface area contributed by atoms with Crippen LogP contribution in [0, 0.1) is 6.92 Å². The number of aryl methyl sites for hydroxylation is 1. The second-order valence-electron chi connectivity index (χ2n) is 7.02. The molecule has 0 saturated heterocycles. The number of anilines is 1. The van der Waals surface area contributed by atoms with Gasteiger partial charge in [0.15, 0.2) is 0 Å². The van der Waals surface area contributed by atoms with Gasteiger partial charge in [0.05, 0.1) is 19.4 Å². The maximum atomic E-state index is 12.5. The van der Waals surface area contributed by atoms with E-state index in [0.29, 0.717) is 18.8 Å². The van der Waals surface area contributed by atoms with Crippen molar-refractivity contribution in [3.8, 4) is 5.75 Å². The molecular weight excluding hydrogens is 370 g/mol. The molecule has 0 radical (unpaired) electrons. The third-order valence-corrected chi connectivity index (χ3v) is 5.27. The summed E-state index contributed by atoms with van der Waals surface area (Å²) in [6.45, 7) is 3.92. The molecule has 3 aromatic rings. The monoisotopic (exact) mass is 393 g/mol. The van der Waals surface area contributed by atoms with Crippen LogP contribution in [-0.4, -0.2) is 35.4 Å². The van der Waals surface area contributed by atoms with Crippen LogP contribution in [-0.2, 0) is 20.9 Å². The van der Waals surface area contributed by atoms with Crippen molar-refractivity contribution >= 4 is 28.5 Å². The van der Waals surface area contributed by atoms with Crippen LogP contribution >= 0.6 is 0 Å². The molecule has 2 aromatic carbocycles. The Hall–Kier alpha value is -3.35. The molecule has 150 valence electrons. The van der Waals surface area contributed by atoms with Crippen molar-refractivity contribution in [1.29, 1.82) is 0 Å². The summed E-state index contributed by atoms with van der Waals surface area (Å²) in [7, 11) is 1.65. The number of aromatic nitrogens is 2. The Labute approximate surface area is 168 Å². The molecule has 1 N–H and O–H groups in total. The normalized spacial score (nSPS) is 15.7. The Bertz CT molecular complexity index is 1100. The van der Waals surface area contributed by atoms with Crippen molar-refractivity contribution in [3.05, 3.63) is 53.2 Å². The molecule has 1 aliphatic heterocycles. The second kappa shape index (κ2) is 7.58. The van der Waals surface area contributed by atoms with Crippen LogP contribution in [0.4, 0.5) is 5.82 Å². The molecule has 1 aromatic heterocycles. The third kappa shape index (κ3) is 3.33. The number of nitrogens with zero attached hydrogens (tertiary/aromatic N) is 2. The fourth-order valence-corrected chi connectivity index (χ4v) is 4.10. The molecule has 0 aliphatic carbocycles. The van der Waals surface area contributed by atoms with E-state index in [2.05, 4.69) is 10.4 Å². The number of carbonyl (C=O) groups is 2. The molecule has 7 heteroatoms. The van der Waals surface area contributed by atoms with Crippen molar-refractivity contribution in [3.63, 3.8) is 0 Å². The zero-order valence-electron chi connectivity index (χ0n) is 16.7. The van der Waals surface area contributed by atoms with E-state index >= 15 is 0 Å². The first-order valence-corrected chi connectivity index (χ1v) is 9.61. The van der Waals surface area contributed by atoms with Gasteiger partial charge < -0.3 is 14.8 Å². The summed E-state index contributed by atoms with van der Waals surface area (Å²) >= 11 is 0. The van der Waals surface area contributed by atoms with E-state index in [-0.39, 0.29) is 24.3 Å². The summed E-state index contributed by atoms with van der Waals surface area (Å²) in [4.78, 5) is 24.5. The fraction of sp³-hybridized carbons (Fsp3) is 0.318. The lowest BCUT2D eigenvalue weighted by Crippen LogP contribution is -2.26. The van der Waals surface area contributed by atoms with Crippen LogP contribution in [0.5, 0.6) is 5.75 Å². The molecule has 0 saturated carbocycles. The van der Waals surface area contributed by atoms with Crippen LogP contribution in [0.2, 0.25) is 0 Å². The minimum atomic E-state index is -0.385. The molecule has 2 heterocycles. The van der Waals surface area contributed by atoms with Crippen molar-refractivity contribution in [2.75, 3.05) is 19.0 Å². The first-order chi connectivity index (χ1) is 14.0. The van der Waals surface area contributed by atoms with E-state index in [9.17, 15) is 9.59 Å². The largest absolute Gasteiger partial charge is 0.496 e. The predicted molar refractivity (Wildman–Crippen MR) is 109 cm³/mol. The van der Waals surface area contributed by atoms with Gasteiger partial charge in [-0.1, -0.05) is 30.3 Å². The molecule has 4 rings (SSSR count). The molecule has 0 spiro atoms. The summed E-state index contributed by atoms with van der Waals surface area (Å²) < 4.78 is 12.1. The minimum Gasteiger partial charge on any atom is -0.496 e. The number of methoxy groups -OCH3 is 1. The van der Waals surface area contributed by atoms with Crippen LogP contribution in [0.1, 0.15) is 36.1 Å². The van der Waals surface area contributed by atoms with Crippen LogP contribution in [0.25, 0.3) is 10.8 Å². The van der Waals surface area contributed by atoms with Gasteiger partial charge in [-0.25, -0.2) is 4.68 Å². The second-order valence-corrected chi connectivity index (χ2v) is 7.02. The van der Waals surface area contributed by atoms with Gasteiger partial charge in [0, 0.05) is 23.3 Å². The van der Waals surface area contributed by atoms with E-state index in [4.69, 9.17) is 9.47 Å². The van der Waals surface area contributed by atoms with Gasteiger partial charge in [-0.3, -0.25) is 9.59 Å². The summed E-state index contributed by atoms with van der Waals surface area (Å²) in [6, 6.07) is 11.9.